The molecule has 0 fully saturated rings. The van der Waals surface area contributed by atoms with Gasteiger partial charge in [-0.15, -0.1) is 0 Å². The third-order valence-electron chi connectivity index (χ3n) is 1.64. The molecule has 0 amide bonds. The van der Waals surface area contributed by atoms with Crippen molar-refractivity contribution in [3.63, 3.8) is 0 Å². The Labute approximate surface area is 76.5 Å². The van der Waals surface area contributed by atoms with Gasteiger partial charge in [-0.1, -0.05) is 0 Å². The summed E-state index contributed by atoms with van der Waals surface area (Å²) in [6.45, 7) is 1.24. The van der Waals surface area contributed by atoms with Gasteiger partial charge in [0, 0.05) is 5.56 Å². The molecule has 0 aliphatic heterocycles. The maximum atomic E-state index is 12.1. The molecule has 0 saturated heterocycles. The van der Waals surface area contributed by atoms with Crippen molar-refractivity contribution in [1.82, 2.24) is 4.98 Å². The van der Waals surface area contributed by atoms with E-state index in [2.05, 4.69) is 0 Å². The van der Waals surface area contributed by atoms with Gasteiger partial charge in [-0.2, -0.15) is 0 Å². The van der Waals surface area contributed by atoms with Crippen LogP contribution < -0.4 is 5.56 Å². The van der Waals surface area contributed by atoms with Crippen LogP contribution in [0.25, 0.3) is 0 Å². The summed E-state index contributed by atoms with van der Waals surface area (Å²) >= 11 is 0. The number of hydrogen-bond acceptors (Lipinski definition) is 3. The lowest BCUT2D eigenvalue weighted by Gasteiger charge is -2.01. The molecule has 0 radical (unpaired) electrons. The van der Waals surface area contributed by atoms with Gasteiger partial charge in [0.25, 0.3) is 6.43 Å². The number of halogens is 2. The van der Waals surface area contributed by atoms with Gasteiger partial charge in [-0.3, -0.25) is 14.9 Å². The Balaban J connectivity index is 3.40. The molecule has 0 aromatic carbocycles. The van der Waals surface area contributed by atoms with Gasteiger partial charge in [-0.25, -0.2) is 8.78 Å². The number of alkyl halides is 2. The molecule has 0 bridgehead atoms. The summed E-state index contributed by atoms with van der Waals surface area (Å²) in [6.07, 6.45) is -2.85. The maximum absolute atomic E-state index is 12.1. The van der Waals surface area contributed by atoms with Crippen molar-refractivity contribution in [1.29, 1.82) is 0 Å². The average Bonchev–Trinajstić information content (AvgIpc) is 2.01. The molecule has 0 aliphatic carbocycles. The van der Waals surface area contributed by atoms with Crippen molar-refractivity contribution in [3.8, 4) is 0 Å². The molecule has 1 rings (SSSR count). The van der Waals surface area contributed by atoms with Crippen LogP contribution in [0, 0.1) is 17.0 Å². The van der Waals surface area contributed by atoms with Gasteiger partial charge in [0.05, 0.1) is 10.6 Å². The first-order valence-electron chi connectivity index (χ1n) is 3.60. The van der Waals surface area contributed by atoms with Gasteiger partial charge in [0.2, 0.25) is 0 Å². The van der Waals surface area contributed by atoms with E-state index in [4.69, 9.17) is 0 Å². The second-order valence-corrected chi connectivity index (χ2v) is 2.64. The van der Waals surface area contributed by atoms with Crippen LogP contribution in [-0.4, -0.2) is 9.91 Å². The normalized spacial score (nSPS) is 10.6. The van der Waals surface area contributed by atoms with Crippen LogP contribution in [0.5, 0.6) is 0 Å². The van der Waals surface area contributed by atoms with Crippen LogP contribution in [0.2, 0.25) is 0 Å². The monoisotopic (exact) mass is 204 g/mol. The smallest absolute Gasteiger partial charge is 0.315 e. The predicted molar refractivity (Wildman–Crippen MR) is 43.4 cm³/mol. The van der Waals surface area contributed by atoms with Crippen molar-refractivity contribution in [2.75, 3.05) is 0 Å². The molecule has 7 heteroatoms. The Morgan fingerprint density at radius 3 is 2.50 bits per heavy atom. The number of rotatable bonds is 2. The van der Waals surface area contributed by atoms with E-state index in [0.717, 1.165) is 6.07 Å². The predicted octanol–water partition coefficient (Wildman–Crippen LogP) is 1.53. The Morgan fingerprint density at radius 1 is 1.57 bits per heavy atom. The molecule has 0 saturated carbocycles. The molecule has 0 unspecified atom stereocenters. The molecule has 0 spiro atoms. The fourth-order valence-electron chi connectivity index (χ4n) is 1.05. The molecular formula is C7H6F2N2O3. The Kier molecular flexibility index (Phi) is 2.59. The zero-order valence-corrected chi connectivity index (χ0v) is 7.08. The third kappa shape index (κ3) is 1.76. The Hall–Kier alpha value is -1.79. The van der Waals surface area contributed by atoms with E-state index in [9.17, 15) is 23.7 Å². The summed E-state index contributed by atoms with van der Waals surface area (Å²) in [6, 6.07) is 0.893. The molecule has 1 heterocycles. The average molecular weight is 204 g/mol. The molecular weight excluding hydrogens is 198 g/mol. The number of hydrogen-bond donors (Lipinski definition) is 1. The van der Waals surface area contributed by atoms with Crippen LogP contribution in [0.4, 0.5) is 14.5 Å². The van der Waals surface area contributed by atoms with Crippen LogP contribution in [-0.2, 0) is 0 Å². The highest BCUT2D eigenvalue weighted by atomic mass is 19.3. The summed E-state index contributed by atoms with van der Waals surface area (Å²) in [4.78, 5) is 22.1. The zero-order valence-electron chi connectivity index (χ0n) is 7.08. The molecule has 1 aromatic heterocycles. The summed E-state index contributed by atoms with van der Waals surface area (Å²) in [5.41, 5.74) is -2.49. The lowest BCUT2D eigenvalue weighted by atomic mass is 10.2. The largest absolute Gasteiger partial charge is 0.336 e. The van der Waals surface area contributed by atoms with Crippen molar-refractivity contribution in [2.45, 2.75) is 13.3 Å². The van der Waals surface area contributed by atoms with Crippen LogP contribution >= 0.6 is 0 Å². The van der Waals surface area contributed by atoms with Gasteiger partial charge in [-0.05, 0) is 13.0 Å². The maximum Gasteiger partial charge on any atom is 0.336 e. The first kappa shape index (κ1) is 10.3. The summed E-state index contributed by atoms with van der Waals surface area (Å²) in [7, 11) is 0. The second-order valence-electron chi connectivity index (χ2n) is 2.64. The minimum atomic E-state index is -2.85. The Morgan fingerprint density at radius 2 is 2.14 bits per heavy atom. The quantitative estimate of drug-likeness (QED) is 0.586. The van der Waals surface area contributed by atoms with E-state index >= 15 is 0 Å². The number of pyridine rings is 1. The lowest BCUT2D eigenvalue weighted by molar-refractivity contribution is -0.386. The number of nitro groups is 1. The van der Waals surface area contributed by atoms with E-state index in [-0.39, 0.29) is 5.56 Å². The first-order valence-corrected chi connectivity index (χ1v) is 3.60. The molecule has 14 heavy (non-hydrogen) atoms. The third-order valence-corrected chi connectivity index (χ3v) is 1.64. The minimum absolute atomic E-state index is 0.0750. The topological polar surface area (TPSA) is 76.0 Å². The first-order chi connectivity index (χ1) is 6.43. The van der Waals surface area contributed by atoms with Gasteiger partial charge in [0.1, 0.15) is 0 Å². The standard InChI is InChI=1S/C7H6F2N2O3/c1-3-2-4(6(8)9)10-7(12)5(3)11(13)14/h2,6H,1H3,(H,10,12). The summed E-state index contributed by atoms with van der Waals surface area (Å²) in [5.74, 6) is 0. The molecule has 0 aliphatic rings. The number of H-pyrrole nitrogens is 1. The molecule has 1 aromatic rings. The SMILES string of the molecule is Cc1cc(C(F)F)[nH]c(=O)c1[N+](=O)[O-]. The highest BCUT2D eigenvalue weighted by Gasteiger charge is 2.19. The van der Waals surface area contributed by atoms with E-state index < -0.39 is 28.3 Å². The van der Waals surface area contributed by atoms with Crippen LogP contribution in [0.1, 0.15) is 17.7 Å². The number of nitrogens with zero attached hydrogens (tertiary/aromatic N) is 1. The van der Waals surface area contributed by atoms with Crippen LogP contribution in [0.15, 0.2) is 10.9 Å². The fourth-order valence-corrected chi connectivity index (χ4v) is 1.05. The summed E-state index contributed by atoms with van der Waals surface area (Å²) < 4.78 is 24.2. The lowest BCUT2D eigenvalue weighted by Crippen LogP contribution is -2.15. The molecule has 0 atom stereocenters. The molecule has 1 N–H and O–H groups in total. The number of aromatic nitrogens is 1. The Bertz CT molecular complexity index is 427. The van der Waals surface area contributed by atoms with Crippen molar-refractivity contribution in [2.24, 2.45) is 0 Å². The van der Waals surface area contributed by atoms with Crippen LogP contribution in [0.3, 0.4) is 0 Å². The molecule has 5 nitrogen and oxygen atoms in total. The van der Waals surface area contributed by atoms with Gasteiger partial charge in [0.15, 0.2) is 0 Å². The van der Waals surface area contributed by atoms with Gasteiger partial charge < -0.3 is 4.98 Å². The van der Waals surface area contributed by atoms with Crippen molar-refractivity contribution >= 4 is 5.69 Å². The minimum Gasteiger partial charge on any atom is -0.315 e. The summed E-state index contributed by atoms with van der Waals surface area (Å²) in [5, 5.41) is 10.3. The number of aromatic amines is 1. The number of nitrogens with one attached hydrogen (secondary N) is 1. The van der Waals surface area contributed by atoms with E-state index in [1.165, 1.54) is 6.92 Å². The van der Waals surface area contributed by atoms with E-state index in [1.807, 2.05) is 0 Å². The zero-order chi connectivity index (χ0) is 10.9. The second kappa shape index (κ2) is 3.52. The highest BCUT2D eigenvalue weighted by Crippen LogP contribution is 2.19. The van der Waals surface area contributed by atoms with Gasteiger partial charge >= 0.3 is 11.2 Å². The highest BCUT2D eigenvalue weighted by molar-refractivity contribution is 5.37. The molecule has 76 valence electrons. The van der Waals surface area contributed by atoms with E-state index in [0.29, 0.717) is 0 Å². The van der Waals surface area contributed by atoms with E-state index in [1.54, 1.807) is 4.98 Å². The fraction of sp³-hybridized carbons (Fsp3) is 0.286. The van der Waals surface area contributed by atoms with Crippen molar-refractivity contribution < 1.29 is 13.7 Å². The number of aryl methyl sites for hydroxylation is 1. The van der Waals surface area contributed by atoms with Crippen molar-refractivity contribution in [3.05, 3.63) is 37.8 Å².